The molecule has 0 aromatic heterocycles. The number of carbonyl (C=O) groups excluding carboxylic acids is 1. The van der Waals surface area contributed by atoms with Crippen LogP contribution in [0.1, 0.15) is 30.9 Å². The molecule has 1 unspecified atom stereocenters. The second-order valence-corrected chi connectivity index (χ2v) is 10.5. The molecule has 2 aliphatic heterocycles. The zero-order valence-corrected chi connectivity index (χ0v) is 21.9. The number of fused-ring (bicyclic) bond motifs is 1. The number of urea groups is 1. The maximum atomic E-state index is 13.2. The second-order valence-electron chi connectivity index (χ2n) is 9.29. The summed E-state index contributed by atoms with van der Waals surface area (Å²) in [7, 11) is 0. The van der Waals surface area contributed by atoms with Crippen LogP contribution in [-0.4, -0.2) is 30.6 Å². The van der Waals surface area contributed by atoms with E-state index in [-0.39, 0.29) is 6.03 Å². The van der Waals surface area contributed by atoms with E-state index < -0.39 is 0 Å². The molecule has 0 bridgehead atoms. The highest BCUT2D eigenvalue weighted by molar-refractivity contribution is 6.40. The molecule has 0 aliphatic carbocycles. The van der Waals surface area contributed by atoms with E-state index in [1.807, 2.05) is 24.3 Å². The van der Waals surface area contributed by atoms with E-state index in [4.69, 9.17) is 34.8 Å². The summed E-state index contributed by atoms with van der Waals surface area (Å²) < 4.78 is 0. The molecule has 5 rings (SSSR count). The summed E-state index contributed by atoms with van der Waals surface area (Å²) in [5.41, 5.74) is 5.46. The lowest BCUT2D eigenvalue weighted by Gasteiger charge is -2.34. The Bertz CT molecular complexity index is 1240. The Morgan fingerprint density at radius 2 is 1.71 bits per heavy atom. The molecule has 2 aliphatic rings. The van der Waals surface area contributed by atoms with Crippen LogP contribution in [0.15, 0.2) is 54.6 Å². The molecule has 3 aromatic carbocycles. The van der Waals surface area contributed by atoms with Gasteiger partial charge in [0.1, 0.15) is 0 Å². The molecule has 1 saturated heterocycles. The summed E-state index contributed by atoms with van der Waals surface area (Å²) in [6, 6.07) is 17.3. The molecule has 1 N–H and O–H groups in total. The molecule has 1 atom stereocenters. The van der Waals surface area contributed by atoms with Crippen LogP contribution in [0.5, 0.6) is 0 Å². The van der Waals surface area contributed by atoms with Gasteiger partial charge in [-0.15, -0.1) is 0 Å². The number of hydrogen-bond donors (Lipinski definition) is 1. The highest BCUT2D eigenvalue weighted by Crippen LogP contribution is 2.45. The number of para-hydroxylation sites is 1. The first-order valence-corrected chi connectivity index (χ1v) is 13.2. The lowest BCUT2D eigenvalue weighted by molar-refractivity contribution is 0.182. The van der Waals surface area contributed by atoms with Gasteiger partial charge in [0, 0.05) is 29.2 Å². The van der Waals surface area contributed by atoms with Gasteiger partial charge in [0.25, 0.3) is 0 Å². The molecular formula is C28H28Cl3N3O. The third kappa shape index (κ3) is 4.90. The van der Waals surface area contributed by atoms with Crippen LogP contribution < -0.4 is 10.2 Å². The van der Waals surface area contributed by atoms with Crippen molar-refractivity contribution in [1.29, 1.82) is 0 Å². The molecule has 182 valence electrons. The maximum absolute atomic E-state index is 13.2. The second kappa shape index (κ2) is 10.4. The van der Waals surface area contributed by atoms with Gasteiger partial charge in [-0.1, -0.05) is 72.1 Å². The number of hydrogen-bond acceptors (Lipinski definition) is 2. The zero-order valence-electron chi connectivity index (χ0n) is 19.7. The number of nitrogens with one attached hydrogen (secondary N) is 1. The van der Waals surface area contributed by atoms with Crippen molar-refractivity contribution >= 4 is 52.2 Å². The van der Waals surface area contributed by atoms with Crippen molar-refractivity contribution in [1.82, 2.24) is 10.2 Å². The van der Waals surface area contributed by atoms with E-state index in [1.54, 1.807) is 23.1 Å². The monoisotopic (exact) mass is 527 g/mol. The fourth-order valence-corrected chi connectivity index (χ4v) is 6.16. The first-order chi connectivity index (χ1) is 17.0. The molecule has 2 heterocycles. The van der Waals surface area contributed by atoms with Gasteiger partial charge in [-0.25, -0.2) is 4.79 Å². The van der Waals surface area contributed by atoms with Crippen LogP contribution in [-0.2, 0) is 13.0 Å². The highest BCUT2D eigenvalue weighted by Gasteiger charge is 2.31. The molecule has 7 heteroatoms. The fraction of sp³-hybridized carbons (Fsp3) is 0.321. The maximum Gasteiger partial charge on any atom is 0.326 e. The molecule has 4 nitrogen and oxygen atoms in total. The Labute approximate surface area is 221 Å². The van der Waals surface area contributed by atoms with Gasteiger partial charge in [-0.05, 0) is 73.7 Å². The van der Waals surface area contributed by atoms with E-state index in [0.29, 0.717) is 33.2 Å². The van der Waals surface area contributed by atoms with Gasteiger partial charge in [0.2, 0.25) is 0 Å². The van der Waals surface area contributed by atoms with Crippen molar-refractivity contribution in [2.45, 2.75) is 32.7 Å². The molecule has 0 saturated carbocycles. The van der Waals surface area contributed by atoms with Crippen molar-refractivity contribution in [2.24, 2.45) is 5.92 Å². The first-order valence-electron chi connectivity index (χ1n) is 12.1. The Kier molecular flexibility index (Phi) is 7.26. The standard InChI is InChI=1S/C28H28Cl3N3O/c1-2-33-12-6-7-18(17-33)13-19-14-21(20-8-3-4-9-23(20)29)22-16-32-28(35)34(26(22)15-19)27-24(30)10-5-11-25(27)31/h3-5,8-11,14-15,18H,2,6-7,12-13,16-17H2,1H3,(H,32,35). The number of rotatable bonds is 5. The van der Waals surface area contributed by atoms with Crippen molar-refractivity contribution in [3.05, 3.63) is 80.8 Å². The van der Waals surface area contributed by atoms with E-state index in [1.165, 1.54) is 24.9 Å². The fourth-order valence-electron chi connectivity index (χ4n) is 5.35. The number of halogens is 3. The normalized spacial score (nSPS) is 18.3. The largest absolute Gasteiger partial charge is 0.333 e. The molecular weight excluding hydrogens is 501 g/mol. The van der Waals surface area contributed by atoms with Gasteiger partial charge in [0.05, 0.1) is 21.4 Å². The quantitative estimate of drug-likeness (QED) is 0.365. The first kappa shape index (κ1) is 24.5. The summed E-state index contributed by atoms with van der Waals surface area (Å²) in [4.78, 5) is 17.4. The van der Waals surface area contributed by atoms with Crippen molar-refractivity contribution in [3.8, 4) is 11.1 Å². The number of piperidine rings is 1. The van der Waals surface area contributed by atoms with Crippen LogP contribution in [0.4, 0.5) is 16.2 Å². The summed E-state index contributed by atoms with van der Waals surface area (Å²) >= 11 is 19.8. The number of likely N-dealkylation sites (tertiary alicyclic amines) is 1. The molecule has 3 aromatic rings. The van der Waals surface area contributed by atoms with Crippen LogP contribution in [0.25, 0.3) is 11.1 Å². The highest BCUT2D eigenvalue weighted by atomic mass is 35.5. The van der Waals surface area contributed by atoms with Crippen molar-refractivity contribution < 1.29 is 4.79 Å². The zero-order chi connectivity index (χ0) is 24.5. The lowest BCUT2D eigenvalue weighted by atomic mass is 9.87. The number of nitrogens with zero attached hydrogens (tertiary/aromatic N) is 2. The Balaban J connectivity index is 1.67. The summed E-state index contributed by atoms with van der Waals surface area (Å²) in [5.74, 6) is 0.565. The van der Waals surface area contributed by atoms with Crippen LogP contribution >= 0.6 is 34.8 Å². The summed E-state index contributed by atoms with van der Waals surface area (Å²) in [6.07, 6.45) is 3.35. The smallest absolute Gasteiger partial charge is 0.326 e. The molecule has 0 spiro atoms. The van der Waals surface area contributed by atoms with Crippen molar-refractivity contribution in [3.63, 3.8) is 0 Å². The lowest BCUT2D eigenvalue weighted by Crippen LogP contribution is -2.42. The predicted octanol–water partition coefficient (Wildman–Crippen LogP) is 7.95. The number of amides is 2. The predicted molar refractivity (Wildman–Crippen MR) is 146 cm³/mol. The van der Waals surface area contributed by atoms with Gasteiger partial charge >= 0.3 is 6.03 Å². The minimum atomic E-state index is -0.246. The molecule has 1 fully saturated rings. The van der Waals surface area contributed by atoms with Crippen LogP contribution in [0.3, 0.4) is 0 Å². The van der Waals surface area contributed by atoms with Crippen LogP contribution in [0.2, 0.25) is 15.1 Å². The minimum absolute atomic E-state index is 0.246. The van der Waals surface area contributed by atoms with Crippen LogP contribution in [0, 0.1) is 5.92 Å². The summed E-state index contributed by atoms with van der Waals surface area (Å²) in [6.45, 7) is 5.96. The third-order valence-corrected chi connectivity index (χ3v) is 7.99. The number of carbonyl (C=O) groups is 1. The minimum Gasteiger partial charge on any atom is -0.333 e. The van der Waals surface area contributed by atoms with Gasteiger partial charge < -0.3 is 10.2 Å². The van der Waals surface area contributed by atoms with E-state index >= 15 is 0 Å². The van der Waals surface area contributed by atoms with Gasteiger partial charge in [0.15, 0.2) is 0 Å². The van der Waals surface area contributed by atoms with E-state index in [9.17, 15) is 4.79 Å². The van der Waals surface area contributed by atoms with Gasteiger partial charge in [-0.3, -0.25) is 4.90 Å². The third-order valence-electron chi connectivity index (χ3n) is 7.05. The molecule has 0 radical (unpaired) electrons. The SMILES string of the molecule is CCN1CCCC(Cc2cc(-c3ccccc3Cl)c3c(c2)N(c2c(Cl)cccc2Cl)C(=O)NC3)C1. The Hall–Kier alpha value is -2.24. The molecule has 2 amide bonds. The van der Waals surface area contributed by atoms with E-state index in [2.05, 4.69) is 29.3 Å². The summed E-state index contributed by atoms with van der Waals surface area (Å²) in [5, 5.41) is 4.54. The van der Waals surface area contributed by atoms with Gasteiger partial charge in [-0.2, -0.15) is 0 Å². The number of anilines is 2. The number of benzene rings is 3. The topological polar surface area (TPSA) is 35.6 Å². The average Bonchev–Trinajstić information content (AvgIpc) is 2.85. The Morgan fingerprint density at radius 3 is 2.46 bits per heavy atom. The Morgan fingerprint density at radius 1 is 0.971 bits per heavy atom. The molecule has 35 heavy (non-hydrogen) atoms. The average molecular weight is 529 g/mol. The van der Waals surface area contributed by atoms with Crippen molar-refractivity contribution in [2.75, 3.05) is 24.5 Å². The van der Waals surface area contributed by atoms with E-state index in [0.717, 1.165) is 41.9 Å².